The van der Waals surface area contributed by atoms with Crippen LogP contribution in [0.2, 0.25) is 0 Å². The molecule has 0 N–H and O–H groups in total. The summed E-state index contributed by atoms with van der Waals surface area (Å²) >= 11 is 0. The number of aryl methyl sites for hydroxylation is 6. The van der Waals surface area contributed by atoms with E-state index >= 15 is 0 Å². The van der Waals surface area contributed by atoms with E-state index in [0.717, 1.165) is 0 Å². The molecule has 8 rings (SSSR count). The molecule has 50 heavy (non-hydrogen) atoms. The van der Waals surface area contributed by atoms with Crippen LogP contribution in [0.25, 0.3) is 0 Å². The Hall–Kier alpha value is -4.43. The first-order valence-corrected chi connectivity index (χ1v) is 18.5. The molecule has 0 fully saturated rings. The molecule has 0 saturated heterocycles. The highest BCUT2D eigenvalue weighted by molar-refractivity contribution is 6.73. The van der Waals surface area contributed by atoms with E-state index in [0.29, 0.717) is 0 Å². The molecular weight excluding hydrogens is 602 g/mol. The minimum Gasteiger partial charge on any atom is -0.384 e. The summed E-state index contributed by atoms with van der Waals surface area (Å²) in [6, 6.07) is 37.1. The molecule has 0 bridgehead atoms. The van der Waals surface area contributed by atoms with Gasteiger partial charge in [0.05, 0.1) is 0 Å². The molecule has 2 atom stereocenters. The number of para-hydroxylation sites is 2. The van der Waals surface area contributed by atoms with Crippen molar-refractivity contribution >= 4 is 36.4 Å². The van der Waals surface area contributed by atoms with Crippen molar-refractivity contribution in [3.8, 4) is 0 Å². The van der Waals surface area contributed by atoms with Crippen molar-refractivity contribution in [1.29, 1.82) is 0 Å². The van der Waals surface area contributed by atoms with Crippen LogP contribution < -0.4 is 9.62 Å². The quantitative estimate of drug-likeness (QED) is 0.141. The maximum Gasteiger partial charge on any atom is 0.282 e. The van der Waals surface area contributed by atoms with Crippen molar-refractivity contribution < 1.29 is 0 Å². The lowest BCUT2D eigenvalue weighted by Crippen LogP contribution is -2.52. The zero-order valence-electron chi connectivity index (χ0n) is 31.6. The van der Waals surface area contributed by atoms with Gasteiger partial charge in [-0.05, 0) is 109 Å². The Kier molecular flexibility index (Phi) is 7.57. The molecule has 1 aliphatic carbocycles. The van der Waals surface area contributed by atoms with E-state index in [4.69, 9.17) is 0 Å². The van der Waals surface area contributed by atoms with Gasteiger partial charge in [-0.2, -0.15) is 0 Å². The fourth-order valence-electron chi connectivity index (χ4n) is 10.7. The fraction of sp³-hybridized carbons (Fsp3) is 0.304. The highest BCUT2D eigenvalue weighted by Crippen LogP contribution is 2.57. The molecule has 250 valence electrons. The molecule has 0 aromatic heterocycles. The first-order chi connectivity index (χ1) is 23.8. The van der Waals surface area contributed by atoms with Crippen LogP contribution in [-0.4, -0.2) is 13.7 Å². The third-order valence-corrected chi connectivity index (χ3v) is 12.4. The monoisotopic (exact) mass is 652 g/mol. The van der Waals surface area contributed by atoms with E-state index < -0.39 is 0 Å². The Balaban J connectivity index is 1.31. The van der Waals surface area contributed by atoms with Crippen molar-refractivity contribution in [2.24, 2.45) is 0 Å². The number of rotatable bonds is 4. The topological polar surface area (TPSA) is 6.48 Å². The van der Waals surface area contributed by atoms with Crippen molar-refractivity contribution in [2.45, 2.75) is 91.5 Å². The van der Waals surface area contributed by atoms with E-state index in [-0.39, 0.29) is 36.0 Å². The lowest BCUT2D eigenvalue weighted by atomic mass is 9.30. The summed E-state index contributed by atoms with van der Waals surface area (Å²) < 4.78 is 0. The summed E-state index contributed by atoms with van der Waals surface area (Å²) in [5.41, 5.74) is 19.2. The third-order valence-electron chi connectivity index (χ3n) is 12.4. The highest BCUT2D eigenvalue weighted by Gasteiger charge is 2.57. The van der Waals surface area contributed by atoms with Crippen molar-refractivity contribution in [2.75, 3.05) is 9.62 Å². The van der Waals surface area contributed by atoms with Gasteiger partial charge in [-0.3, -0.25) is 0 Å². The van der Waals surface area contributed by atoms with Gasteiger partial charge in [0.2, 0.25) is 0 Å². The van der Waals surface area contributed by atoms with Crippen molar-refractivity contribution in [1.82, 2.24) is 0 Å². The first kappa shape index (κ1) is 32.8. The number of hydrogen-bond donors (Lipinski definition) is 0. The van der Waals surface area contributed by atoms with Gasteiger partial charge >= 0.3 is 0 Å². The summed E-state index contributed by atoms with van der Waals surface area (Å²) in [4.78, 5) is 5.43. The van der Waals surface area contributed by atoms with Gasteiger partial charge in [-0.25, -0.2) is 0 Å². The third kappa shape index (κ3) is 4.70. The molecule has 0 amide bonds. The molecular formula is C46H50B2N2. The Morgan fingerprint density at radius 1 is 0.460 bits per heavy atom. The van der Waals surface area contributed by atoms with Crippen LogP contribution in [0.3, 0.4) is 0 Å². The number of nitrogens with zero attached hydrogens (tertiary/aromatic N) is 2. The molecule has 2 unspecified atom stereocenters. The Morgan fingerprint density at radius 3 is 1.14 bits per heavy atom. The second-order valence-corrected chi connectivity index (χ2v) is 16.7. The van der Waals surface area contributed by atoms with Crippen LogP contribution in [0.15, 0.2) is 109 Å². The Bertz CT molecular complexity index is 1990. The van der Waals surface area contributed by atoms with Gasteiger partial charge in [0.15, 0.2) is 0 Å². The van der Waals surface area contributed by atoms with E-state index in [1.165, 1.54) is 78.4 Å². The van der Waals surface area contributed by atoms with Crippen LogP contribution in [0.1, 0.15) is 95.0 Å². The largest absolute Gasteiger partial charge is 0.384 e. The number of anilines is 4. The van der Waals surface area contributed by atoms with Crippen LogP contribution in [0.5, 0.6) is 0 Å². The zero-order valence-corrected chi connectivity index (χ0v) is 31.6. The molecule has 0 spiro atoms. The molecule has 0 saturated carbocycles. The zero-order chi connectivity index (χ0) is 35.3. The van der Waals surface area contributed by atoms with E-state index in [9.17, 15) is 0 Å². The summed E-state index contributed by atoms with van der Waals surface area (Å²) in [7, 11) is 0. The van der Waals surface area contributed by atoms with Crippen LogP contribution in [0, 0.1) is 41.5 Å². The van der Waals surface area contributed by atoms with Crippen LogP contribution in [-0.2, 0) is 10.6 Å². The number of hydrogen-bond acceptors (Lipinski definition) is 2. The van der Waals surface area contributed by atoms with E-state index in [2.05, 4.69) is 188 Å². The molecule has 3 aliphatic rings. The van der Waals surface area contributed by atoms with Gasteiger partial charge in [-0.1, -0.05) is 136 Å². The molecule has 2 heterocycles. The average molecular weight is 653 g/mol. The fourth-order valence-corrected chi connectivity index (χ4v) is 10.7. The molecule has 4 heteroatoms. The predicted octanol–water partition coefficient (Wildman–Crippen LogP) is 11.7. The summed E-state index contributed by atoms with van der Waals surface area (Å²) in [6.07, 6.45) is 5.20. The van der Waals surface area contributed by atoms with Gasteiger partial charge in [0.1, 0.15) is 0 Å². The summed E-state index contributed by atoms with van der Waals surface area (Å²) in [5, 5.41) is -0.166. The molecule has 2 aliphatic heterocycles. The second kappa shape index (κ2) is 11.6. The van der Waals surface area contributed by atoms with Gasteiger partial charge in [0, 0.05) is 34.4 Å². The summed E-state index contributed by atoms with van der Waals surface area (Å²) in [6.45, 7) is 23.9. The van der Waals surface area contributed by atoms with E-state index in [1.807, 2.05) is 0 Å². The standard InChI is InChI=1S/C46H50B2N2/c1-29-25-31(3)43(32(4)26-29)49-41-21-15-13-19-37(41)45(7,8)47(49)39-23-24-40(36-18-12-11-17-35(36)39)48-46(9,10)38-20-14-16-22-42(38)50(48)44-33(5)27-30(2)28-34(44)6/h11-28,39-40H,1-10H3. The van der Waals surface area contributed by atoms with Crippen molar-refractivity contribution in [3.05, 3.63) is 165 Å². The van der Waals surface area contributed by atoms with E-state index in [1.54, 1.807) is 0 Å². The lowest BCUT2D eigenvalue weighted by Gasteiger charge is -2.43. The average Bonchev–Trinajstić information content (AvgIpc) is 3.43. The molecule has 5 aromatic carbocycles. The lowest BCUT2D eigenvalue weighted by molar-refractivity contribution is 0.726. The molecule has 0 radical (unpaired) electrons. The first-order valence-electron chi connectivity index (χ1n) is 18.5. The maximum absolute atomic E-state index is 2.71. The minimum absolute atomic E-state index is 0.0830. The molecule has 5 aromatic rings. The maximum atomic E-state index is 2.71. The van der Waals surface area contributed by atoms with Crippen LogP contribution >= 0.6 is 0 Å². The number of benzene rings is 5. The van der Waals surface area contributed by atoms with Gasteiger partial charge in [0.25, 0.3) is 13.7 Å². The normalized spacial score (nSPS) is 19.9. The SMILES string of the molecule is Cc1cc(C)c(N2B(C3C=CC(B4N(c5c(C)cc(C)cc5C)c5ccccc5C4(C)C)c4ccccc43)C(C)(C)c3ccccc32)c(C)c1. The highest BCUT2D eigenvalue weighted by atomic mass is 15.1. The summed E-state index contributed by atoms with van der Waals surface area (Å²) in [5.74, 6) is 0.432. The van der Waals surface area contributed by atoms with Crippen molar-refractivity contribution in [3.63, 3.8) is 0 Å². The molecule has 2 nitrogen and oxygen atoms in total. The predicted molar refractivity (Wildman–Crippen MR) is 217 cm³/mol. The smallest absolute Gasteiger partial charge is 0.282 e. The van der Waals surface area contributed by atoms with Crippen LogP contribution in [0.4, 0.5) is 22.7 Å². The second-order valence-electron chi connectivity index (χ2n) is 16.7. The minimum atomic E-state index is -0.0830. The van der Waals surface area contributed by atoms with Gasteiger partial charge < -0.3 is 9.62 Å². The van der Waals surface area contributed by atoms with Gasteiger partial charge in [-0.15, -0.1) is 0 Å². The Morgan fingerprint density at radius 2 is 0.780 bits per heavy atom. The Labute approximate surface area is 301 Å². The number of allylic oxidation sites excluding steroid dienone is 2. The number of fused-ring (bicyclic) bond motifs is 3.